The normalized spacial score (nSPS) is 11.1. The van der Waals surface area contributed by atoms with E-state index in [1.54, 1.807) is 25.7 Å². The number of carboxylic acids is 1. The first-order chi connectivity index (χ1) is 16.2. The number of hydrogen-bond acceptors (Lipinski definition) is 5. The van der Waals surface area contributed by atoms with Gasteiger partial charge in [-0.2, -0.15) is 5.10 Å². The number of nitrogens with zero attached hydrogens (tertiary/aromatic N) is 2. The Morgan fingerprint density at radius 3 is 2.26 bits per heavy atom. The molecular formula is C26H29N3O5. The van der Waals surface area contributed by atoms with Gasteiger partial charge in [-0.25, -0.2) is 4.79 Å². The zero-order valence-corrected chi connectivity index (χ0v) is 19.6. The molecule has 1 aromatic heterocycles. The molecule has 8 heteroatoms. The lowest BCUT2D eigenvalue weighted by atomic mass is 9.89. The molecule has 178 valence electrons. The summed E-state index contributed by atoms with van der Waals surface area (Å²) >= 11 is 0. The summed E-state index contributed by atoms with van der Waals surface area (Å²) in [6, 6.07) is 19.1. The van der Waals surface area contributed by atoms with E-state index in [1.807, 2.05) is 54.6 Å². The van der Waals surface area contributed by atoms with Crippen LogP contribution in [-0.2, 0) is 16.1 Å². The van der Waals surface area contributed by atoms with Crippen LogP contribution in [0.15, 0.2) is 60.7 Å². The second kappa shape index (κ2) is 10.8. The van der Waals surface area contributed by atoms with Crippen LogP contribution >= 0.6 is 0 Å². The maximum atomic E-state index is 13.2. The maximum absolute atomic E-state index is 13.2. The van der Waals surface area contributed by atoms with Crippen LogP contribution < -0.4 is 0 Å². The van der Waals surface area contributed by atoms with Crippen LogP contribution in [0.5, 0.6) is 0 Å². The fraction of sp³-hybridized carbons (Fsp3) is 0.308. The predicted molar refractivity (Wildman–Crippen MR) is 127 cm³/mol. The summed E-state index contributed by atoms with van der Waals surface area (Å²) in [4.78, 5) is 38.3. The predicted octanol–water partition coefficient (Wildman–Crippen LogP) is 4.40. The van der Waals surface area contributed by atoms with E-state index in [0.717, 1.165) is 16.7 Å². The second-order valence-electron chi connectivity index (χ2n) is 8.62. The van der Waals surface area contributed by atoms with E-state index in [0.29, 0.717) is 6.42 Å². The highest BCUT2D eigenvalue weighted by molar-refractivity contribution is 5.95. The first kappa shape index (κ1) is 24.7. The van der Waals surface area contributed by atoms with Crippen LogP contribution in [-0.4, -0.2) is 51.2 Å². The van der Waals surface area contributed by atoms with E-state index in [2.05, 4.69) is 10.2 Å². The van der Waals surface area contributed by atoms with Gasteiger partial charge in [0.2, 0.25) is 0 Å². The summed E-state index contributed by atoms with van der Waals surface area (Å²) in [7, 11) is 0. The number of carboxylic acid groups (broad SMARTS) is 1. The fourth-order valence-electron chi connectivity index (χ4n) is 3.45. The van der Waals surface area contributed by atoms with Crippen molar-refractivity contribution < 1.29 is 24.2 Å². The van der Waals surface area contributed by atoms with Crippen molar-refractivity contribution >= 4 is 17.8 Å². The van der Waals surface area contributed by atoms with Crippen LogP contribution in [0.2, 0.25) is 0 Å². The van der Waals surface area contributed by atoms with Gasteiger partial charge in [-0.3, -0.25) is 14.7 Å². The number of carbonyl (C=O) groups excluding carboxylic acids is 2. The Kier molecular flexibility index (Phi) is 7.83. The zero-order valence-electron chi connectivity index (χ0n) is 19.6. The quantitative estimate of drug-likeness (QED) is 0.431. The van der Waals surface area contributed by atoms with Gasteiger partial charge in [-0.05, 0) is 43.9 Å². The van der Waals surface area contributed by atoms with Gasteiger partial charge in [-0.1, -0.05) is 54.6 Å². The molecule has 1 amide bonds. The average Bonchev–Trinajstić information content (AvgIpc) is 3.33. The number of aromatic nitrogens is 2. The van der Waals surface area contributed by atoms with Crippen molar-refractivity contribution in [2.75, 3.05) is 13.2 Å². The van der Waals surface area contributed by atoms with Gasteiger partial charge >= 0.3 is 11.9 Å². The number of ether oxygens (including phenoxy) is 1. The number of hydrogen-bond donors (Lipinski definition) is 2. The van der Waals surface area contributed by atoms with Gasteiger partial charge in [0.05, 0.1) is 12.0 Å². The second-order valence-corrected chi connectivity index (χ2v) is 8.62. The summed E-state index contributed by atoms with van der Waals surface area (Å²) in [6.45, 7) is 6.13. The molecule has 8 nitrogen and oxygen atoms in total. The van der Waals surface area contributed by atoms with E-state index in [4.69, 9.17) is 9.84 Å². The van der Waals surface area contributed by atoms with Crippen molar-refractivity contribution in [3.63, 3.8) is 0 Å². The lowest BCUT2D eigenvalue weighted by molar-refractivity contribution is -0.153. The third-order valence-corrected chi connectivity index (χ3v) is 5.58. The molecule has 0 bridgehead atoms. The number of rotatable bonds is 10. The minimum atomic E-state index is -1.20. The summed E-state index contributed by atoms with van der Waals surface area (Å²) in [6.07, 6.45) is 0.371. The number of nitrogens with one attached hydrogen (secondary N) is 1. The molecular weight excluding hydrogens is 434 g/mol. The number of aromatic amines is 1. The Bertz CT molecular complexity index is 1140. The molecule has 3 rings (SSSR count). The van der Waals surface area contributed by atoms with Gasteiger partial charge in [0.25, 0.3) is 5.91 Å². The molecule has 2 aromatic carbocycles. The van der Waals surface area contributed by atoms with E-state index in [1.165, 1.54) is 6.07 Å². The fourth-order valence-corrected chi connectivity index (χ4v) is 3.45. The molecule has 0 saturated carbocycles. The number of H-pyrrole nitrogens is 1. The molecule has 0 spiro atoms. The van der Waals surface area contributed by atoms with Crippen molar-refractivity contribution in [2.45, 2.75) is 33.7 Å². The Morgan fingerprint density at radius 2 is 1.68 bits per heavy atom. The minimum Gasteiger partial charge on any atom is -0.477 e. The lowest BCUT2D eigenvalue weighted by Gasteiger charge is -2.28. The van der Waals surface area contributed by atoms with Crippen molar-refractivity contribution in [1.82, 2.24) is 15.1 Å². The van der Waals surface area contributed by atoms with Crippen LogP contribution in [0, 0.1) is 5.41 Å². The smallest absolute Gasteiger partial charge is 0.353 e. The SMILES string of the molecule is CCOC(=O)C(C)(C)CCN(Cc1ccc(-c2ccccc2)cc1)C(=O)c1cc(C(=O)O)[nH]n1. The van der Waals surface area contributed by atoms with Crippen molar-refractivity contribution in [2.24, 2.45) is 5.41 Å². The van der Waals surface area contributed by atoms with Crippen molar-refractivity contribution in [1.29, 1.82) is 0 Å². The van der Waals surface area contributed by atoms with Crippen LogP contribution in [0.25, 0.3) is 11.1 Å². The van der Waals surface area contributed by atoms with E-state index >= 15 is 0 Å². The Morgan fingerprint density at radius 1 is 1.03 bits per heavy atom. The number of benzene rings is 2. The summed E-state index contributed by atoms with van der Waals surface area (Å²) in [5.74, 6) is -1.95. The molecule has 0 aliphatic carbocycles. The highest BCUT2D eigenvalue weighted by Gasteiger charge is 2.31. The molecule has 0 unspecified atom stereocenters. The van der Waals surface area contributed by atoms with Crippen molar-refractivity contribution in [3.8, 4) is 11.1 Å². The van der Waals surface area contributed by atoms with Crippen LogP contribution in [0.3, 0.4) is 0 Å². The molecule has 34 heavy (non-hydrogen) atoms. The molecule has 0 saturated heterocycles. The van der Waals surface area contributed by atoms with E-state index in [9.17, 15) is 14.4 Å². The summed E-state index contributed by atoms with van der Waals surface area (Å²) in [5, 5.41) is 15.4. The highest BCUT2D eigenvalue weighted by atomic mass is 16.5. The maximum Gasteiger partial charge on any atom is 0.353 e. The first-order valence-corrected chi connectivity index (χ1v) is 11.1. The minimum absolute atomic E-state index is 0.00671. The number of carbonyl (C=O) groups is 3. The molecule has 3 aromatic rings. The molecule has 1 heterocycles. The van der Waals surface area contributed by atoms with Crippen molar-refractivity contribution in [3.05, 3.63) is 77.6 Å². The molecule has 0 aliphatic heterocycles. The van der Waals surface area contributed by atoms with E-state index < -0.39 is 17.3 Å². The number of aromatic carboxylic acids is 1. The molecule has 0 fully saturated rings. The van der Waals surface area contributed by atoms with Gasteiger partial charge in [0.15, 0.2) is 5.69 Å². The first-order valence-electron chi connectivity index (χ1n) is 11.1. The zero-order chi connectivity index (χ0) is 24.7. The van der Waals surface area contributed by atoms with Gasteiger partial charge < -0.3 is 14.7 Å². The molecule has 0 aliphatic rings. The third-order valence-electron chi connectivity index (χ3n) is 5.58. The molecule has 2 N–H and O–H groups in total. The standard InChI is InChI=1S/C26H29N3O5/c1-4-34-25(33)26(2,3)14-15-29(23(30)21-16-22(24(31)32)28-27-21)17-18-10-12-20(13-11-18)19-8-6-5-7-9-19/h5-13,16H,4,14-15,17H2,1-3H3,(H,27,28)(H,31,32). The Labute approximate surface area is 198 Å². The topological polar surface area (TPSA) is 113 Å². The Balaban J connectivity index is 1.81. The van der Waals surface area contributed by atoms with Gasteiger partial charge in [0, 0.05) is 19.2 Å². The molecule has 0 radical (unpaired) electrons. The number of amides is 1. The van der Waals surface area contributed by atoms with Gasteiger partial charge in [0.1, 0.15) is 5.69 Å². The van der Waals surface area contributed by atoms with Gasteiger partial charge in [-0.15, -0.1) is 0 Å². The highest BCUT2D eigenvalue weighted by Crippen LogP contribution is 2.25. The van der Waals surface area contributed by atoms with Crippen LogP contribution in [0.4, 0.5) is 0 Å². The summed E-state index contributed by atoms with van der Waals surface area (Å²) in [5.41, 5.74) is 2.11. The third kappa shape index (κ3) is 6.10. The molecule has 0 atom stereocenters. The van der Waals surface area contributed by atoms with E-state index in [-0.39, 0.29) is 37.1 Å². The van der Waals surface area contributed by atoms with Crippen LogP contribution in [0.1, 0.15) is 53.7 Å². The lowest BCUT2D eigenvalue weighted by Crippen LogP contribution is -2.36. The average molecular weight is 464 g/mol. The number of esters is 1. The Hall–Kier alpha value is -3.94. The summed E-state index contributed by atoms with van der Waals surface area (Å²) < 4.78 is 5.16. The monoisotopic (exact) mass is 463 g/mol. The largest absolute Gasteiger partial charge is 0.477 e.